The highest BCUT2D eigenvalue weighted by molar-refractivity contribution is 14.1. The molecule has 0 bridgehead atoms. The van der Waals surface area contributed by atoms with Gasteiger partial charge in [-0.25, -0.2) is 18.2 Å². The van der Waals surface area contributed by atoms with Crippen LogP contribution in [-0.2, 0) is 11.2 Å². The standard InChI is InChI=1S/C8H5F3INO2/c9-4-2-5(7(10)11)13-8(12)3(4)1-6(14)15/h2,7H,1H2,(H,14,15). The van der Waals surface area contributed by atoms with E-state index in [2.05, 4.69) is 4.98 Å². The third-order valence-corrected chi connectivity index (χ3v) is 2.48. The number of alkyl halides is 2. The van der Waals surface area contributed by atoms with Crippen molar-refractivity contribution in [2.45, 2.75) is 12.8 Å². The molecule has 0 aliphatic heterocycles. The second-order valence-electron chi connectivity index (χ2n) is 2.67. The van der Waals surface area contributed by atoms with Crippen LogP contribution in [0.15, 0.2) is 6.07 Å². The van der Waals surface area contributed by atoms with Crippen molar-refractivity contribution in [2.24, 2.45) is 0 Å². The number of carboxylic acids is 1. The zero-order valence-corrected chi connectivity index (χ0v) is 9.33. The van der Waals surface area contributed by atoms with Crippen LogP contribution in [0.25, 0.3) is 0 Å². The first-order valence-corrected chi connectivity index (χ1v) is 4.84. The molecule has 1 rings (SSSR count). The van der Waals surface area contributed by atoms with Gasteiger partial charge >= 0.3 is 5.97 Å². The fraction of sp³-hybridized carbons (Fsp3) is 0.250. The number of pyridine rings is 1. The van der Waals surface area contributed by atoms with Crippen molar-refractivity contribution in [1.82, 2.24) is 4.98 Å². The van der Waals surface area contributed by atoms with Gasteiger partial charge in [0.1, 0.15) is 15.2 Å². The second kappa shape index (κ2) is 4.77. The fourth-order valence-corrected chi connectivity index (χ4v) is 1.68. The molecule has 0 amide bonds. The highest BCUT2D eigenvalue weighted by Gasteiger charge is 2.17. The van der Waals surface area contributed by atoms with Gasteiger partial charge in [0, 0.05) is 11.6 Å². The van der Waals surface area contributed by atoms with E-state index < -0.39 is 30.3 Å². The van der Waals surface area contributed by atoms with Crippen LogP contribution in [-0.4, -0.2) is 16.1 Å². The molecule has 0 fully saturated rings. The lowest BCUT2D eigenvalue weighted by Gasteiger charge is -2.05. The van der Waals surface area contributed by atoms with E-state index in [-0.39, 0.29) is 9.26 Å². The lowest BCUT2D eigenvalue weighted by molar-refractivity contribution is -0.136. The van der Waals surface area contributed by atoms with Gasteiger partial charge in [-0.1, -0.05) is 0 Å². The number of hydrogen-bond acceptors (Lipinski definition) is 2. The van der Waals surface area contributed by atoms with E-state index in [0.717, 1.165) is 0 Å². The fourth-order valence-electron chi connectivity index (χ4n) is 0.949. The van der Waals surface area contributed by atoms with Crippen molar-refractivity contribution in [3.63, 3.8) is 0 Å². The number of aromatic nitrogens is 1. The lowest BCUT2D eigenvalue weighted by atomic mass is 10.2. The number of carbonyl (C=O) groups is 1. The Morgan fingerprint density at radius 3 is 2.60 bits per heavy atom. The Hall–Kier alpha value is -0.860. The molecular formula is C8H5F3INO2. The van der Waals surface area contributed by atoms with Crippen molar-refractivity contribution in [3.8, 4) is 0 Å². The lowest BCUT2D eigenvalue weighted by Crippen LogP contribution is -2.08. The molecule has 1 aromatic heterocycles. The highest BCUT2D eigenvalue weighted by Crippen LogP contribution is 2.22. The molecule has 0 unspecified atom stereocenters. The van der Waals surface area contributed by atoms with Gasteiger partial charge in [0.2, 0.25) is 0 Å². The summed E-state index contributed by atoms with van der Waals surface area (Å²) in [7, 11) is 0. The highest BCUT2D eigenvalue weighted by atomic mass is 127. The molecule has 82 valence electrons. The summed E-state index contributed by atoms with van der Waals surface area (Å²) in [5, 5.41) is 8.45. The SMILES string of the molecule is O=C(O)Cc1c(F)cc(C(F)F)nc1I. The molecule has 7 heteroatoms. The molecule has 0 saturated heterocycles. The van der Waals surface area contributed by atoms with Crippen molar-refractivity contribution < 1.29 is 23.1 Å². The van der Waals surface area contributed by atoms with E-state index in [9.17, 15) is 18.0 Å². The predicted octanol–water partition coefficient (Wildman–Crippen LogP) is 2.39. The Bertz CT molecular complexity index is 374. The Morgan fingerprint density at radius 2 is 2.20 bits per heavy atom. The Labute approximate surface area is 96.5 Å². The van der Waals surface area contributed by atoms with Gasteiger partial charge in [0.05, 0.1) is 6.42 Å². The largest absolute Gasteiger partial charge is 0.481 e. The number of carboxylic acid groups (broad SMARTS) is 1. The summed E-state index contributed by atoms with van der Waals surface area (Å²) < 4.78 is 37.5. The minimum Gasteiger partial charge on any atom is -0.481 e. The first kappa shape index (κ1) is 12.2. The van der Waals surface area contributed by atoms with Crippen LogP contribution in [0.2, 0.25) is 0 Å². The van der Waals surface area contributed by atoms with Gasteiger partial charge in [-0.15, -0.1) is 0 Å². The predicted molar refractivity (Wildman–Crippen MR) is 53.2 cm³/mol. The average molecular weight is 331 g/mol. The molecule has 1 N–H and O–H groups in total. The van der Waals surface area contributed by atoms with Crippen molar-refractivity contribution in [2.75, 3.05) is 0 Å². The maximum Gasteiger partial charge on any atom is 0.308 e. The van der Waals surface area contributed by atoms with Crippen LogP contribution in [0, 0.1) is 9.52 Å². The average Bonchev–Trinajstić information content (AvgIpc) is 2.10. The van der Waals surface area contributed by atoms with Crippen molar-refractivity contribution in [1.29, 1.82) is 0 Å². The molecule has 0 aromatic carbocycles. The molecule has 0 aliphatic carbocycles. The van der Waals surface area contributed by atoms with Crippen LogP contribution in [0.5, 0.6) is 0 Å². The number of hydrogen-bond donors (Lipinski definition) is 1. The van der Waals surface area contributed by atoms with Crippen LogP contribution in [0.4, 0.5) is 13.2 Å². The molecule has 0 radical (unpaired) electrons. The molecule has 1 heterocycles. The Kier molecular flexibility index (Phi) is 3.89. The summed E-state index contributed by atoms with van der Waals surface area (Å²) in [5.74, 6) is -2.20. The Balaban J connectivity index is 3.15. The minimum atomic E-state index is -2.87. The number of nitrogens with zero attached hydrogens (tertiary/aromatic N) is 1. The van der Waals surface area contributed by atoms with Gasteiger partial charge in [-0.2, -0.15) is 0 Å². The normalized spacial score (nSPS) is 10.7. The van der Waals surface area contributed by atoms with E-state index >= 15 is 0 Å². The molecular weight excluding hydrogens is 326 g/mol. The molecule has 15 heavy (non-hydrogen) atoms. The van der Waals surface area contributed by atoms with Crippen LogP contribution >= 0.6 is 22.6 Å². The van der Waals surface area contributed by atoms with E-state index in [1.165, 1.54) is 22.6 Å². The first-order valence-electron chi connectivity index (χ1n) is 3.76. The molecule has 0 saturated carbocycles. The zero-order valence-electron chi connectivity index (χ0n) is 7.18. The van der Waals surface area contributed by atoms with Gasteiger partial charge in [0.25, 0.3) is 6.43 Å². The number of halogens is 4. The van der Waals surface area contributed by atoms with E-state index in [1.54, 1.807) is 0 Å². The second-order valence-corrected chi connectivity index (χ2v) is 3.69. The van der Waals surface area contributed by atoms with E-state index in [0.29, 0.717) is 6.07 Å². The topological polar surface area (TPSA) is 50.2 Å². The van der Waals surface area contributed by atoms with Crippen molar-refractivity contribution in [3.05, 3.63) is 26.8 Å². The third-order valence-electron chi connectivity index (χ3n) is 1.59. The maximum atomic E-state index is 13.2. The van der Waals surface area contributed by atoms with Gasteiger partial charge in [-0.05, 0) is 22.6 Å². The smallest absolute Gasteiger partial charge is 0.308 e. The summed E-state index contributed by atoms with van der Waals surface area (Å²) in [6, 6.07) is 0.561. The van der Waals surface area contributed by atoms with Crippen molar-refractivity contribution >= 4 is 28.6 Å². The minimum absolute atomic E-state index is 0.0506. The summed E-state index contributed by atoms with van der Waals surface area (Å²) in [6.45, 7) is 0. The molecule has 0 atom stereocenters. The molecule has 3 nitrogen and oxygen atoms in total. The molecule has 0 spiro atoms. The summed E-state index contributed by atoms with van der Waals surface area (Å²) in [6.07, 6.45) is -3.44. The Morgan fingerprint density at radius 1 is 1.60 bits per heavy atom. The first-order chi connectivity index (χ1) is 6.91. The van der Waals surface area contributed by atoms with Gasteiger partial charge in [0.15, 0.2) is 0 Å². The van der Waals surface area contributed by atoms with E-state index in [4.69, 9.17) is 5.11 Å². The number of rotatable bonds is 3. The summed E-state index contributed by atoms with van der Waals surface area (Å²) >= 11 is 1.53. The summed E-state index contributed by atoms with van der Waals surface area (Å²) in [5.41, 5.74) is -0.862. The maximum absolute atomic E-state index is 13.2. The van der Waals surface area contributed by atoms with Crippen LogP contribution in [0.1, 0.15) is 17.7 Å². The molecule has 1 aromatic rings. The zero-order chi connectivity index (χ0) is 11.6. The third kappa shape index (κ3) is 3.05. The molecule has 0 aliphatic rings. The quantitative estimate of drug-likeness (QED) is 0.684. The van der Waals surface area contributed by atoms with Gasteiger partial charge < -0.3 is 5.11 Å². The summed E-state index contributed by atoms with van der Waals surface area (Å²) in [4.78, 5) is 13.8. The van der Waals surface area contributed by atoms with Gasteiger partial charge in [-0.3, -0.25) is 4.79 Å². The number of aliphatic carboxylic acids is 1. The van der Waals surface area contributed by atoms with Crippen LogP contribution < -0.4 is 0 Å². The van der Waals surface area contributed by atoms with Crippen LogP contribution in [0.3, 0.4) is 0 Å². The monoisotopic (exact) mass is 331 g/mol. The van der Waals surface area contributed by atoms with E-state index in [1.807, 2.05) is 0 Å².